The molecule has 20 heavy (non-hydrogen) atoms. The molecule has 0 radical (unpaired) electrons. The van der Waals surface area contributed by atoms with Gasteiger partial charge in [-0.1, -0.05) is 23.7 Å². The van der Waals surface area contributed by atoms with Crippen LogP contribution in [0.4, 0.5) is 11.5 Å². The summed E-state index contributed by atoms with van der Waals surface area (Å²) in [5.74, 6) is 0.675. The second kappa shape index (κ2) is 6.39. The van der Waals surface area contributed by atoms with Crippen LogP contribution >= 0.6 is 11.6 Å². The fourth-order valence-corrected chi connectivity index (χ4v) is 1.97. The number of aromatic nitrogens is 1. The van der Waals surface area contributed by atoms with Gasteiger partial charge in [0.15, 0.2) is 0 Å². The summed E-state index contributed by atoms with van der Waals surface area (Å²) in [5, 5.41) is 6.66. The van der Waals surface area contributed by atoms with Crippen molar-refractivity contribution in [1.29, 1.82) is 0 Å². The molecule has 104 valence electrons. The van der Waals surface area contributed by atoms with E-state index in [-0.39, 0.29) is 11.9 Å². The van der Waals surface area contributed by atoms with Gasteiger partial charge in [-0.2, -0.15) is 0 Å². The molecule has 0 saturated heterocycles. The molecule has 0 aliphatic carbocycles. The van der Waals surface area contributed by atoms with Gasteiger partial charge in [0, 0.05) is 18.8 Å². The van der Waals surface area contributed by atoms with E-state index < -0.39 is 0 Å². The molecule has 0 saturated carbocycles. The molecule has 4 nitrogen and oxygen atoms in total. The fourth-order valence-electron chi connectivity index (χ4n) is 1.86. The zero-order chi connectivity index (χ0) is 14.5. The number of anilines is 2. The maximum atomic E-state index is 11.1. The molecule has 0 spiro atoms. The highest BCUT2D eigenvalue weighted by Gasteiger charge is 2.07. The molecular formula is C15H16ClN3O. The maximum Gasteiger partial charge on any atom is 0.221 e. The highest BCUT2D eigenvalue weighted by molar-refractivity contribution is 6.30. The quantitative estimate of drug-likeness (QED) is 0.898. The Hall–Kier alpha value is -2.07. The fraction of sp³-hybridized carbons (Fsp3) is 0.200. The highest BCUT2D eigenvalue weighted by Crippen LogP contribution is 2.21. The summed E-state index contributed by atoms with van der Waals surface area (Å²) in [7, 11) is 0. The van der Waals surface area contributed by atoms with Gasteiger partial charge in [-0.3, -0.25) is 4.79 Å². The minimum absolute atomic E-state index is 0.0670. The molecule has 0 aliphatic rings. The molecule has 0 aliphatic heterocycles. The van der Waals surface area contributed by atoms with Gasteiger partial charge in [0.1, 0.15) is 5.82 Å². The van der Waals surface area contributed by atoms with Gasteiger partial charge in [-0.25, -0.2) is 4.98 Å². The van der Waals surface area contributed by atoms with Crippen molar-refractivity contribution in [2.24, 2.45) is 0 Å². The summed E-state index contributed by atoms with van der Waals surface area (Å²) >= 11 is 5.80. The largest absolute Gasteiger partial charge is 0.364 e. The van der Waals surface area contributed by atoms with Gasteiger partial charge in [-0.15, -0.1) is 0 Å². The lowest BCUT2D eigenvalue weighted by molar-refractivity contribution is -0.114. The van der Waals surface area contributed by atoms with E-state index in [1.807, 2.05) is 37.3 Å². The molecule has 5 heteroatoms. The van der Waals surface area contributed by atoms with E-state index in [2.05, 4.69) is 15.6 Å². The molecular weight excluding hydrogens is 274 g/mol. The van der Waals surface area contributed by atoms with E-state index in [4.69, 9.17) is 11.6 Å². The van der Waals surface area contributed by atoms with E-state index in [0.29, 0.717) is 5.02 Å². The van der Waals surface area contributed by atoms with Crippen molar-refractivity contribution < 1.29 is 4.79 Å². The summed E-state index contributed by atoms with van der Waals surface area (Å²) in [4.78, 5) is 15.3. The van der Waals surface area contributed by atoms with Crippen molar-refractivity contribution in [2.75, 3.05) is 10.6 Å². The number of hydrogen-bond donors (Lipinski definition) is 2. The van der Waals surface area contributed by atoms with E-state index in [9.17, 15) is 4.79 Å². The summed E-state index contributed by atoms with van der Waals surface area (Å²) in [5.41, 5.74) is 1.85. The summed E-state index contributed by atoms with van der Waals surface area (Å²) < 4.78 is 0. The average Bonchev–Trinajstić information content (AvgIpc) is 2.41. The number of rotatable bonds is 4. The smallest absolute Gasteiger partial charge is 0.221 e. The maximum absolute atomic E-state index is 11.1. The lowest BCUT2D eigenvalue weighted by Gasteiger charge is -2.16. The average molecular weight is 290 g/mol. The summed E-state index contributed by atoms with van der Waals surface area (Å²) in [6.45, 7) is 3.52. The SMILES string of the molecule is CC(=O)Nc1cccc(C(C)Nc2ccc(Cl)cn2)c1. The van der Waals surface area contributed by atoms with E-state index in [1.54, 1.807) is 12.3 Å². The standard InChI is InChI=1S/C15H16ClN3O/c1-10(18-15-7-6-13(16)9-17-15)12-4-3-5-14(8-12)19-11(2)20/h3-10H,1-2H3,(H,17,18)(H,19,20). The van der Waals surface area contributed by atoms with Gasteiger partial charge >= 0.3 is 0 Å². The van der Waals surface area contributed by atoms with Crippen LogP contribution in [0.15, 0.2) is 42.6 Å². The third-order valence-electron chi connectivity index (χ3n) is 2.80. The molecule has 2 aromatic rings. The normalized spacial score (nSPS) is 11.8. The first kappa shape index (κ1) is 14.3. The molecule has 1 unspecified atom stereocenters. The van der Waals surface area contributed by atoms with Crippen LogP contribution in [-0.4, -0.2) is 10.9 Å². The van der Waals surface area contributed by atoms with Gasteiger partial charge in [0.2, 0.25) is 5.91 Å². The number of halogens is 1. The minimum atomic E-state index is -0.0814. The van der Waals surface area contributed by atoms with Crippen LogP contribution in [0.3, 0.4) is 0 Å². The van der Waals surface area contributed by atoms with Crippen LogP contribution in [-0.2, 0) is 4.79 Å². The zero-order valence-corrected chi connectivity index (χ0v) is 12.1. The minimum Gasteiger partial charge on any atom is -0.364 e. The monoisotopic (exact) mass is 289 g/mol. The van der Waals surface area contributed by atoms with Crippen molar-refractivity contribution in [3.05, 3.63) is 53.2 Å². The number of carbonyl (C=O) groups is 1. The Morgan fingerprint density at radius 3 is 2.75 bits per heavy atom. The van der Waals surface area contributed by atoms with Crippen LogP contribution in [0.5, 0.6) is 0 Å². The first-order valence-electron chi connectivity index (χ1n) is 6.30. The van der Waals surface area contributed by atoms with Crippen molar-refractivity contribution in [3.8, 4) is 0 Å². The first-order valence-corrected chi connectivity index (χ1v) is 6.68. The molecule has 1 heterocycles. The first-order chi connectivity index (χ1) is 9.54. The Kier molecular flexibility index (Phi) is 4.58. The van der Waals surface area contributed by atoms with Crippen LogP contribution < -0.4 is 10.6 Å². The summed E-state index contributed by atoms with van der Waals surface area (Å²) in [6, 6.07) is 11.4. The predicted octanol–water partition coefficient (Wildman–Crippen LogP) is 3.87. The second-order valence-electron chi connectivity index (χ2n) is 4.53. The Morgan fingerprint density at radius 1 is 1.30 bits per heavy atom. The third kappa shape index (κ3) is 3.96. The molecule has 2 N–H and O–H groups in total. The van der Waals surface area contributed by atoms with Crippen LogP contribution in [0.25, 0.3) is 0 Å². The van der Waals surface area contributed by atoms with Gasteiger partial charge in [0.25, 0.3) is 0 Å². The van der Waals surface area contributed by atoms with Gasteiger partial charge in [0.05, 0.1) is 11.1 Å². The van der Waals surface area contributed by atoms with Crippen LogP contribution in [0, 0.1) is 0 Å². The molecule has 0 fully saturated rings. The molecule has 1 amide bonds. The molecule has 1 aromatic heterocycles. The second-order valence-corrected chi connectivity index (χ2v) is 4.97. The lowest BCUT2D eigenvalue weighted by atomic mass is 10.1. The Morgan fingerprint density at radius 2 is 2.10 bits per heavy atom. The van der Waals surface area contributed by atoms with Crippen molar-refractivity contribution in [2.45, 2.75) is 19.9 Å². The Labute approximate surface area is 123 Å². The predicted molar refractivity (Wildman–Crippen MR) is 82.0 cm³/mol. The molecule has 1 aromatic carbocycles. The number of hydrogen-bond acceptors (Lipinski definition) is 3. The van der Waals surface area contributed by atoms with Crippen LogP contribution in [0.2, 0.25) is 5.02 Å². The highest BCUT2D eigenvalue weighted by atomic mass is 35.5. The number of benzene rings is 1. The molecule has 0 bridgehead atoms. The number of carbonyl (C=O) groups excluding carboxylic acids is 1. The van der Waals surface area contributed by atoms with Crippen LogP contribution in [0.1, 0.15) is 25.5 Å². The molecule has 1 atom stereocenters. The Bertz CT molecular complexity index is 598. The van der Waals surface area contributed by atoms with Gasteiger partial charge in [-0.05, 0) is 36.8 Å². The zero-order valence-electron chi connectivity index (χ0n) is 11.4. The van der Waals surface area contributed by atoms with Gasteiger partial charge < -0.3 is 10.6 Å². The number of amides is 1. The van der Waals surface area contributed by atoms with Crippen molar-refractivity contribution in [3.63, 3.8) is 0 Å². The van der Waals surface area contributed by atoms with E-state index in [1.165, 1.54) is 6.92 Å². The van der Waals surface area contributed by atoms with E-state index in [0.717, 1.165) is 17.1 Å². The van der Waals surface area contributed by atoms with Crippen molar-refractivity contribution >= 4 is 29.0 Å². The topological polar surface area (TPSA) is 54.0 Å². The molecule has 2 rings (SSSR count). The summed E-state index contributed by atoms with van der Waals surface area (Å²) in [6.07, 6.45) is 1.60. The lowest BCUT2D eigenvalue weighted by Crippen LogP contribution is -2.10. The number of pyridine rings is 1. The Balaban J connectivity index is 2.10. The number of nitrogens with one attached hydrogen (secondary N) is 2. The third-order valence-corrected chi connectivity index (χ3v) is 3.02. The van der Waals surface area contributed by atoms with Crippen molar-refractivity contribution in [1.82, 2.24) is 4.98 Å². The number of nitrogens with zero attached hydrogens (tertiary/aromatic N) is 1. The van der Waals surface area contributed by atoms with E-state index >= 15 is 0 Å².